The molecule has 30 heavy (non-hydrogen) atoms. The van der Waals surface area contributed by atoms with E-state index < -0.39 is 0 Å². The predicted molar refractivity (Wildman–Crippen MR) is 127 cm³/mol. The third-order valence-corrected chi connectivity index (χ3v) is 5.62. The SMILES string of the molecule is CCCCCCCCCCCCCCCCCC(=O)OCc1ccc(OCC)cc1. The molecule has 0 amide bonds. The Morgan fingerprint density at radius 1 is 0.667 bits per heavy atom. The molecule has 0 atom stereocenters. The molecule has 172 valence electrons. The van der Waals surface area contributed by atoms with Crippen molar-refractivity contribution in [2.45, 2.75) is 123 Å². The highest BCUT2D eigenvalue weighted by atomic mass is 16.5. The van der Waals surface area contributed by atoms with Crippen LogP contribution in [0, 0.1) is 0 Å². The van der Waals surface area contributed by atoms with Crippen LogP contribution in [-0.2, 0) is 16.1 Å². The Kier molecular flexibility index (Phi) is 17.2. The van der Waals surface area contributed by atoms with Crippen molar-refractivity contribution in [3.8, 4) is 5.75 Å². The minimum absolute atomic E-state index is 0.0846. The van der Waals surface area contributed by atoms with Crippen molar-refractivity contribution in [1.82, 2.24) is 0 Å². The van der Waals surface area contributed by atoms with Crippen molar-refractivity contribution in [1.29, 1.82) is 0 Å². The highest BCUT2D eigenvalue weighted by Crippen LogP contribution is 2.15. The summed E-state index contributed by atoms with van der Waals surface area (Å²) in [5.41, 5.74) is 1.00. The largest absolute Gasteiger partial charge is 0.494 e. The first kappa shape index (κ1) is 26.5. The van der Waals surface area contributed by atoms with E-state index in [0.717, 1.165) is 24.2 Å². The van der Waals surface area contributed by atoms with Gasteiger partial charge < -0.3 is 9.47 Å². The summed E-state index contributed by atoms with van der Waals surface area (Å²) in [6, 6.07) is 7.74. The Morgan fingerprint density at radius 3 is 1.60 bits per heavy atom. The minimum Gasteiger partial charge on any atom is -0.494 e. The van der Waals surface area contributed by atoms with Crippen LogP contribution in [0.2, 0.25) is 0 Å². The first-order valence-electron chi connectivity index (χ1n) is 12.6. The van der Waals surface area contributed by atoms with E-state index in [-0.39, 0.29) is 5.97 Å². The second-order valence-electron chi connectivity index (χ2n) is 8.44. The maximum atomic E-state index is 11.9. The van der Waals surface area contributed by atoms with Crippen LogP contribution in [0.3, 0.4) is 0 Å². The molecule has 0 bridgehead atoms. The molecule has 0 aliphatic rings. The molecule has 3 nitrogen and oxygen atoms in total. The highest BCUT2D eigenvalue weighted by Gasteiger charge is 2.04. The molecule has 1 aromatic carbocycles. The summed E-state index contributed by atoms with van der Waals surface area (Å²) < 4.78 is 10.8. The molecule has 3 heteroatoms. The second kappa shape index (κ2) is 19.5. The smallest absolute Gasteiger partial charge is 0.306 e. The summed E-state index contributed by atoms with van der Waals surface area (Å²) in [6.07, 6.45) is 20.6. The van der Waals surface area contributed by atoms with Crippen LogP contribution in [0.4, 0.5) is 0 Å². The van der Waals surface area contributed by atoms with Gasteiger partial charge in [0.05, 0.1) is 6.61 Å². The zero-order valence-corrected chi connectivity index (χ0v) is 19.8. The van der Waals surface area contributed by atoms with Gasteiger partial charge in [-0.25, -0.2) is 0 Å². The van der Waals surface area contributed by atoms with Crippen LogP contribution >= 0.6 is 0 Å². The molecule has 0 saturated carbocycles. The number of esters is 1. The van der Waals surface area contributed by atoms with Gasteiger partial charge in [-0.3, -0.25) is 4.79 Å². The molecule has 0 aliphatic carbocycles. The van der Waals surface area contributed by atoms with Crippen molar-refractivity contribution in [3.05, 3.63) is 29.8 Å². The summed E-state index contributed by atoms with van der Waals surface area (Å²) in [6.45, 7) is 5.26. The monoisotopic (exact) mass is 418 g/mol. The number of hydrogen-bond donors (Lipinski definition) is 0. The van der Waals surface area contributed by atoms with E-state index in [9.17, 15) is 4.79 Å². The standard InChI is InChI=1S/C27H46O3/c1-3-5-6-7-8-9-10-11-12-13-14-15-16-17-18-19-27(28)30-24-25-20-22-26(23-21-25)29-4-2/h20-23H,3-19,24H2,1-2H3. The van der Waals surface area contributed by atoms with Gasteiger partial charge in [0.25, 0.3) is 0 Å². The molecule has 1 rings (SSSR count). The average Bonchev–Trinajstić information content (AvgIpc) is 2.76. The summed E-state index contributed by atoms with van der Waals surface area (Å²) >= 11 is 0. The van der Waals surface area contributed by atoms with Gasteiger partial charge >= 0.3 is 5.97 Å². The number of unbranched alkanes of at least 4 members (excludes halogenated alkanes) is 14. The van der Waals surface area contributed by atoms with E-state index >= 15 is 0 Å². The fourth-order valence-corrected chi connectivity index (χ4v) is 3.73. The number of rotatable bonds is 20. The van der Waals surface area contributed by atoms with Crippen molar-refractivity contribution in [2.24, 2.45) is 0 Å². The van der Waals surface area contributed by atoms with E-state index in [1.807, 2.05) is 31.2 Å². The second-order valence-corrected chi connectivity index (χ2v) is 8.44. The Bertz CT molecular complexity index is 509. The summed E-state index contributed by atoms with van der Waals surface area (Å²) in [7, 11) is 0. The van der Waals surface area contributed by atoms with Gasteiger partial charge in [-0.15, -0.1) is 0 Å². The fraction of sp³-hybridized carbons (Fsp3) is 0.741. The van der Waals surface area contributed by atoms with Crippen LogP contribution in [-0.4, -0.2) is 12.6 Å². The quantitative estimate of drug-likeness (QED) is 0.157. The lowest BCUT2D eigenvalue weighted by atomic mass is 10.0. The molecule has 0 saturated heterocycles. The summed E-state index contributed by atoms with van der Waals surface area (Å²) in [5, 5.41) is 0. The van der Waals surface area contributed by atoms with E-state index in [0.29, 0.717) is 19.6 Å². The van der Waals surface area contributed by atoms with E-state index in [2.05, 4.69) is 6.92 Å². The van der Waals surface area contributed by atoms with Crippen molar-refractivity contribution in [2.75, 3.05) is 6.61 Å². The molecule has 0 heterocycles. The van der Waals surface area contributed by atoms with Gasteiger partial charge in [-0.2, -0.15) is 0 Å². The lowest BCUT2D eigenvalue weighted by Gasteiger charge is -2.07. The molecule has 1 aromatic rings. The Balaban J connectivity index is 1.84. The lowest BCUT2D eigenvalue weighted by molar-refractivity contribution is -0.145. The Labute approximate surface area is 185 Å². The fourth-order valence-electron chi connectivity index (χ4n) is 3.73. The van der Waals surface area contributed by atoms with Crippen LogP contribution in [0.15, 0.2) is 24.3 Å². The first-order chi connectivity index (χ1) is 14.8. The molecule has 0 aromatic heterocycles. The van der Waals surface area contributed by atoms with Crippen molar-refractivity contribution < 1.29 is 14.3 Å². The molecular formula is C27H46O3. The highest BCUT2D eigenvalue weighted by molar-refractivity contribution is 5.69. The van der Waals surface area contributed by atoms with E-state index in [4.69, 9.17) is 9.47 Å². The number of hydrogen-bond acceptors (Lipinski definition) is 3. The Hall–Kier alpha value is -1.51. The summed E-state index contributed by atoms with van der Waals surface area (Å²) in [5.74, 6) is 0.768. The Morgan fingerprint density at radius 2 is 1.13 bits per heavy atom. The minimum atomic E-state index is -0.0846. The van der Waals surface area contributed by atoms with Gasteiger partial charge in [0.15, 0.2) is 0 Å². The third kappa shape index (κ3) is 15.3. The average molecular weight is 419 g/mol. The summed E-state index contributed by atoms with van der Waals surface area (Å²) in [4.78, 5) is 11.9. The van der Waals surface area contributed by atoms with Crippen LogP contribution in [0.5, 0.6) is 5.75 Å². The maximum Gasteiger partial charge on any atom is 0.306 e. The maximum absolute atomic E-state index is 11.9. The zero-order valence-electron chi connectivity index (χ0n) is 19.8. The van der Waals surface area contributed by atoms with Gasteiger partial charge in [-0.05, 0) is 31.0 Å². The molecule has 0 N–H and O–H groups in total. The third-order valence-electron chi connectivity index (χ3n) is 5.62. The molecule has 0 unspecified atom stereocenters. The van der Waals surface area contributed by atoms with Gasteiger partial charge in [-0.1, -0.05) is 109 Å². The molecule has 0 fully saturated rings. The number of carbonyl (C=O) groups excluding carboxylic acids is 1. The van der Waals surface area contributed by atoms with Crippen molar-refractivity contribution in [3.63, 3.8) is 0 Å². The molecule has 0 aliphatic heterocycles. The number of carbonyl (C=O) groups is 1. The van der Waals surface area contributed by atoms with E-state index in [1.165, 1.54) is 83.5 Å². The van der Waals surface area contributed by atoms with Crippen LogP contribution in [0.25, 0.3) is 0 Å². The van der Waals surface area contributed by atoms with E-state index in [1.54, 1.807) is 0 Å². The lowest BCUT2D eigenvalue weighted by Crippen LogP contribution is -2.04. The van der Waals surface area contributed by atoms with Crippen LogP contribution < -0.4 is 4.74 Å². The molecular weight excluding hydrogens is 372 g/mol. The van der Waals surface area contributed by atoms with Gasteiger partial charge in [0.1, 0.15) is 12.4 Å². The van der Waals surface area contributed by atoms with Crippen molar-refractivity contribution >= 4 is 5.97 Å². The first-order valence-corrected chi connectivity index (χ1v) is 12.6. The zero-order chi connectivity index (χ0) is 21.7. The number of ether oxygens (including phenoxy) is 2. The van der Waals surface area contributed by atoms with Gasteiger partial charge in [0, 0.05) is 6.42 Å². The molecule has 0 spiro atoms. The molecule has 0 radical (unpaired) electrons. The topological polar surface area (TPSA) is 35.5 Å². The predicted octanol–water partition coefficient (Wildman–Crippen LogP) is 8.39. The number of benzene rings is 1. The van der Waals surface area contributed by atoms with Crippen LogP contribution in [0.1, 0.15) is 122 Å². The normalized spacial score (nSPS) is 10.9. The van der Waals surface area contributed by atoms with Gasteiger partial charge in [0.2, 0.25) is 0 Å².